The summed E-state index contributed by atoms with van der Waals surface area (Å²) in [4.78, 5) is 27.8. The second-order valence-corrected chi connectivity index (χ2v) is 7.11. The molecule has 0 saturated carbocycles. The molecule has 146 valence electrons. The normalized spacial score (nSPS) is 10.7. The van der Waals surface area contributed by atoms with E-state index in [1.165, 1.54) is 11.8 Å². The fourth-order valence-electron chi connectivity index (χ4n) is 2.95. The minimum absolute atomic E-state index is 0.0237. The molecule has 2 aromatic heterocycles. The van der Waals surface area contributed by atoms with Crippen LogP contribution in [0.4, 0.5) is 5.82 Å². The Morgan fingerprint density at radius 1 is 1.15 bits per heavy atom. The Morgan fingerprint density at radius 2 is 1.81 bits per heavy atom. The number of anilines is 1. The molecule has 0 saturated heterocycles. The van der Waals surface area contributed by atoms with Gasteiger partial charge in [-0.15, -0.1) is 0 Å². The number of carbonyl (C=O) groups is 1. The van der Waals surface area contributed by atoms with E-state index in [1.807, 2.05) is 38.4 Å². The van der Waals surface area contributed by atoms with Crippen molar-refractivity contribution < 1.29 is 4.79 Å². The van der Waals surface area contributed by atoms with Crippen LogP contribution in [0.1, 0.15) is 42.8 Å². The van der Waals surface area contributed by atoms with E-state index in [0.29, 0.717) is 19.4 Å². The average Bonchev–Trinajstić information content (AvgIpc) is 2.67. The molecule has 1 N–H and O–H groups in total. The monoisotopic (exact) mass is 387 g/mol. The predicted molar refractivity (Wildman–Crippen MR) is 111 cm³/mol. The maximum atomic E-state index is 12.2. The number of hydrogen-bond acceptors (Lipinski definition) is 6. The Balaban J connectivity index is 1.86. The number of aryl methyl sites for hydroxylation is 2. The predicted octanol–water partition coefficient (Wildman–Crippen LogP) is 3.31. The molecular weight excluding hydrogens is 358 g/mol. The summed E-state index contributed by atoms with van der Waals surface area (Å²) in [5.74, 6) is 0.991. The van der Waals surface area contributed by atoms with Crippen LogP contribution >= 0.6 is 11.8 Å². The van der Waals surface area contributed by atoms with Gasteiger partial charge < -0.3 is 10.2 Å². The smallest absolute Gasteiger partial charge is 0.220 e. The van der Waals surface area contributed by atoms with Crippen molar-refractivity contribution in [3.8, 4) is 0 Å². The van der Waals surface area contributed by atoms with Crippen molar-refractivity contribution in [3.63, 3.8) is 0 Å². The number of thioether (sulfide) groups is 1. The number of hydrogen-bond donors (Lipinski definition) is 1. The van der Waals surface area contributed by atoms with Crippen LogP contribution in [0.3, 0.4) is 0 Å². The van der Waals surface area contributed by atoms with Gasteiger partial charge in [-0.2, -0.15) is 0 Å². The van der Waals surface area contributed by atoms with E-state index in [-0.39, 0.29) is 5.91 Å². The molecule has 0 atom stereocenters. The summed E-state index contributed by atoms with van der Waals surface area (Å²) in [5.41, 5.74) is 3.97. The topological polar surface area (TPSA) is 71.0 Å². The van der Waals surface area contributed by atoms with Crippen LogP contribution in [0.15, 0.2) is 23.5 Å². The lowest BCUT2D eigenvalue weighted by atomic mass is 10.1. The summed E-state index contributed by atoms with van der Waals surface area (Å²) >= 11 is 1.53. The molecule has 0 bridgehead atoms. The average molecular weight is 388 g/mol. The first-order chi connectivity index (χ1) is 13.0. The van der Waals surface area contributed by atoms with E-state index in [1.54, 1.807) is 0 Å². The number of aromatic nitrogens is 3. The first-order valence-corrected chi connectivity index (χ1v) is 10.6. The third-order valence-corrected chi connectivity index (χ3v) is 5.12. The summed E-state index contributed by atoms with van der Waals surface area (Å²) < 4.78 is 0. The fraction of sp³-hybridized carbons (Fsp3) is 0.500. The standard InChI is InChI=1S/C20H29N5OS/c1-6-25(7-2)18-10-8-16(12-21-18)13-22-19(26)11-9-17-14(3)23-20(27-5)24-15(17)4/h8,10,12H,6-7,9,11,13H2,1-5H3,(H,22,26). The van der Waals surface area contributed by atoms with E-state index < -0.39 is 0 Å². The summed E-state index contributed by atoms with van der Waals surface area (Å²) in [6.07, 6.45) is 4.87. The van der Waals surface area contributed by atoms with Crippen LogP contribution in [0, 0.1) is 13.8 Å². The number of amides is 1. The highest BCUT2D eigenvalue weighted by molar-refractivity contribution is 7.98. The lowest BCUT2D eigenvalue weighted by Gasteiger charge is -2.19. The quantitative estimate of drug-likeness (QED) is 0.526. The first-order valence-electron chi connectivity index (χ1n) is 9.33. The van der Waals surface area contributed by atoms with Gasteiger partial charge in [-0.3, -0.25) is 4.79 Å². The molecular formula is C20H29N5OS. The second kappa shape index (κ2) is 10.3. The van der Waals surface area contributed by atoms with E-state index in [4.69, 9.17) is 0 Å². The number of pyridine rings is 1. The molecule has 0 fully saturated rings. The molecule has 0 aliphatic heterocycles. The number of rotatable bonds is 9. The molecule has 2 rings (SSSR count). The third-order valence-electron chi connectivity index (χ3n) is 4.57. The second-order valence-electron chi connectivity index (χ2n) is 6.33. The number of nitrogens with zero attached hydrogens (tertiary/aromatic N) is 4. The first kappa shape index (κ1) is 21.2. The SMILES string of the molecule is CCN(CC)c1ccc(CNC(=O)CCc2c(C)nc(SC)nc2C)cn1. The molecule has 0 aromatic carbocycles. The Labute approximate surface area is 166 Å². The highest BCUT2D eigenvalue weighted by Crippen LogP contribution is 2.17. The van der Waals surface area contributed by atoms with Crippen LogP contribution in [0.2, 0.25) is 0 Å². The minimum atomic E-state index is 0.0237. The highest BCUT2D eigenvalue weighted by atomic mass is 32.2. The lowest BCUT2D eigenvalue weighted by molar-refractivity contribution is -0.121. The van der Waals surface area contributed by atoms with Crippen molar-refractivity contribution in [2.45, 2.75) is 52.2 Å². The van der Waals surface area contributed by atoms with Gasteiger partial charge >= 0.3 is 0 Å². The van der Waals surface area contributed by atoms with E-state index in [9.17, 15) is 4.79 Å². The Hall–Kier alpha value is -2.15. The number of nitrogens with one attached hydrogen (secondary N) is 1. The van der Waals surface area contributed by atoms with Crippen molar-refractivity contribution in [3.05, 3.63) is 40.8 Å². The fourth-order valence-corrected chi connectivity index (χ4v) is 3.40. The highest BCUT2D eigenvalue weighted by Gasteiger charge is 2.11. The van der Waals surface area contributed by atoms with Gasteiger partial charge in [0.2, 0.25) is 5.91 Å². The maximum Gasteiger partial charge on any atom is 0.220 e. The zero-order chi connectivity index (χ0) is 19.8. The van der Waals surface area contributed by atoms with Gasteiger partial charge in [0.15, 0.2) is 5.16 Å². The zero-order valence-corrected chi connectivity index (χ0v) is 17.7. The van der Waals surface area contributed by atoms with Crippen molar-refractivity contribution in [1.82, 2.24) is 20.3 Å². The van der Waals surface area contributed by atoms with E-state index in [0.717, 1.165) is 46.6 Å². The summed E-state index contributed by atoms with van der Waals surface area (Å²) in [5, 5.41) is 3.75. The molecule has 0 spiro atoms. The molecule has 0 aliphatic carbocycles. The summed E-state index contributed by atoms with van der Waals surface area (Å²) in [6.45, 7) is 10.5. The van der Waals surface area contributed by atoms with Gasteiger partial charge in [-0.25, -0.2) is 15.0 Å². The zero-order valence-electron chi connectivity index (χ0n) is 16.9. The van der Waals surface area contributed by atoms with Crippen LogP contribution in [-0.2, 0) is 17.8 Å². The Kier molecular flexibility index (Phi) is 8.03. The molecule has 0 unspecified atom stereocenters. The molecule has 27 heavy (non-hydrogen) atoms. The van der Waals surface area contributed by atoms with Gasteiger partial charge in [-0.1, -0.05) is 17.8 Å². The Bertz CT molecular complexity index is 736. The Morgan fingerprint density at radius 3 is 2.33 bits per heavy atom. The van der Waals surface area contributed by atoms with Gasteiger partial charge in [0.1, 0.15) is 5.82 Å². The van der Waals surface area contributed by atoms with E-state index >= 15 is 0 Å². The van der Waals surface area contributed by atoms with E-state index in [2.05, 4.69) is 39.0 Å². The van der Waals surface area contributed by atoms with Crippen molar-refractivity contribution >= 4 is 23.5 Å². The van der Waals surface area contributed by atoms with Crippen LogP contribution in [-0.4, -0.2) is 40.2 Å². The molecule has 2 aromatic rings. The van der Waals surface area contributed by atoms with Crippen LogP contribution < -0.4 is 10.2 Å². The summed E-state index contributed by atoms with van der Waals surface area (Å²) in [6, 6.07) is 4.02. The largest absolute Gasteiger partial charge is 0.357 e. The van der Waals surface area contributed by atoms with Gasteiger partial charge in [-0.05, 0) is 57.6 Å². The number of carbonyl (C=O) groups excluding carboxylic acids is 1. The molecule has 1 amide bonds. The summed E-state index contributed by atoms with van der Waals surface area (Å²) in [7, 11) is 0. The van der Waals surface area contributed by atoms with Gasteiger partial charge in [0.25, 0.3) is 0 Å². The van der Waals surface area contributed by atoms with Crippen LogP contribution in [0.25, 0.3) is 0 Å². The molecule has 7 heteroatoms. The van der Waals surface area contributed by atoms with Gasteiger partial charge in [0, 0.05) is 43.6 Å². The van der Waals surface area contributed by atoms with Crippen molar-refractivity contribution in [2.75, 3.05) is 24.2 Å². The molecule has 0 radical (unpaired) electrons. The van der Waals surface area contributed by atoms with Crippen molar-refractivity contribution in [1.29, 1.82) is 0 Å². The molecule has 2 heterocycles. The lowest BCUT2D eigenvalue weighted by Crippen LogP contribution is -2.24. The maximum absolute atomic E-state index is 12.2. The van der Waals surface area contributed by atoms with Crippen molar-refractivity contribution in [2.24, 2.45) is 0 Å². The third kappa shape index (κ3) is 5.92. The van der Waals surface area contributed by atoms with Gasteiger partial charge in [0.05, 0.1) is 0 Å². The molecule has 6 nitrogen and oxygen atoms in total. The van der Waals surface area contributed by atoms with Crippen LogP contribution in [0.5, 0.6) is 0 Å². The minimum Gasteiger partial charge on any atom is -0.357 e. The molecule has 0 aliphatic rings.